The van der Waals surface area contributed by atoms with Crippen LogP contribution in [-0.4, -0.2) is 37.5 Å². The van der Waals surface area contributed by atoms with Gasteiger partial charge in [-0.05, 0) is 43.0 Å². The number of aryl methyl sites for hydroxylation is 1. The quantitative estimate of drug-likeness (QED) is 0.875. The van der Waals surface area contributed by atoms with Crippen LogP contribution < -0.4 is 5.32 Å². The van der Waals surface area contributed by atoms with Gasteiger partial charge in [-0.15, -0.1) is 0 Å². The SMILES string of the molecule is Cc1cc(NCC2CCS(=O)(=O)C2)ccc1C(=O)O. The molecule has 2 N–H and O–H groups in total. The monoisotopic (exact) mass is 283 g/mol. The molecule has 1 aliphatic rings. The number of benzene rings is 1. The Morgan fingerprint density at radius 1 is 1.47 bits per heavy atom. The van der Waals surface area contributed by atoms with Gasteiger partial charge in [0.2, 0.25) is 0 Å². The van der Waals surface area contributed by atoms with Crippen molar-refractivity contribution in [1.29, 1.82) is 0 Å². The van der Waals surface area contributed by atoms with Gasteiger partial charge in [0.05, 0.1) is 17.1 Å². The molecule has 1 unspecified atom stereocenters. The summed E-state index contributed by atoms with van der Waals surface area (Å²) in [6.07, 6.45) is 0.696. The first-order chi connectivity index (χ1) is 8.87. The number of hydrogen-bond donors (Lipinski definition) is 2. The van der Waals surface area contributed by atoms with Crippen LogP contribution in [0.4, 0.5) is 5.69 Å². The Balaban J connectivity index is 1.97. The predicted molar refractivity (Wildman–Crippen MR) is 73.4 cm³/mol. The van der Waals surface area contributed by atoms with E-state index in [1.54, 1.807) is 25.1 Å². The summed E-state index contributed by atoms with van der Waals surface area (Å²) >= 11 is 0. The fourth-order valence-electron chi connectivity index (χ4n) is 2.31. The first-order valence-electron chi connectivity index (χ1n) is 6.15. The van der Waals surface area contributed by atoms with E-state index in [0.717, 1.165) is 5.69 Å². The molecule has 0 radical (unpaired) electrons. The third kappa shape index (κ3) is 3.47. The van der Waals surface area contributed by atoms with Crippen LogP contribution in [0.2, 0.25) is 0 Å². The summed E-state index contributed by atoms with van der Waals surface area (Å²) < 4.78 is 22.7. The first-order valence-corrected chi connectivity index (χ1v) is 7.98. The van der Waals surface area contributed by atoms with Gasteiger partial charge >= 0.3 is 5.97 Å². The summed E-state index contributed by atoms with van der Waals surface area (Å²) in [5.41, 5.74) is 1.80. The van der Waals surface area contributed by atoms with Gasteiger partial charge in [-0.2, -0.15) is 0 Å². The molecule has 2 rings (SSSR count). The number of rotatable bonds is 4. The number of carboxylic acids is 1. The van der Waals surface area contributed by atoms with Crippen molar-refractivity contribution in [2.24, 2.45) is 5.92 Å². The molecule has 1 saturated heterocycles. The van der Waals surface area contributed by atoms with E-state index in [9.17, 15) is 13.2 Å². The van der Waals surface area contributed by atoms with Crippen LogP contribution in [0.3, 0.4) is 0 Å². The van der Waals surface area contributed by atoms with Crippen molar-refractivity contribution in [1.82, 2.24) is 0 Å². The van der Waals surface area contributed by atoms with Gasteiger partial charge in [0.1, 0.15) is 0 Å². The summed E-state index contributed by atoms with van der Waals surface area (Å²) in [5, 5.41) is 12.1. The number of hydrogen-bond acceptors (Lipinski definition) is 4. The minimum absolute atomic E-state index is 0.143. The molecule has 0 spiro atoms. The highest BCUT2D eigenvalue weighted by atomic mass is 32.2. The van der Waals surface area contributed by atoms with E-state index >= 15 is 0 Å². The maximum absolute atomic E-state index is 11.3. The molecule has 1 atom stereocenters. The third-order valence-corrected chi connectivity index (χ3v) is 5.22. The largest absolute Gasteiger partial charge is 0.478 e. The maximum Gasteiger partial charge on any atom is 0.335 e. The average Bonchev–Trinajstić information content (AvgIpc) is 2.66. The lowest BCUT2D eigenvalue weighted by Crippen LogP contribution is -2.15. The second-order valence-corrected chi connectivity index (χ2v) is 7.21. The summed E-state index contributed by atoms with van der Waals surface area (Å²) in [6, 6.07) is 5.04. The molecule has 0 aromatic heterocycles. The number of sulfone groups is 1. The highest BCUT2D eigenvalue weighted by Crippen LogP contribution is 2.20. The molecule has 1 fully saturated rings. The molecule has 1 aromatic rings. The van der Waals surface area contributed by atoms with E-state index in [-0.39, 0.29) is 23.0 Å². The smallest absolute Gasteiger partial charge is 0.335 e. The van der Waals surface area contributed by atoms with Crippen molar-refractivity contribution in [3.63, 3.8) is 0 Å². The van der Waals surface area contributed by atoms with E-state index in [4.69, 9.17) is 5.11 Å². The zero-order valence-electron chi connectivity index (χ0n) is 10.7. The van der Waals surface area contributed by atoms with Gasteiger partial charge in [0.15, 0.2) is 9.84 Å². The number of aromatic carboxylic acids is 1. The lowest BCUT2D eigenvalue weighted by molar-refractivity contribution is 0.0696. The Morgan fingerprint density at radius 2 is 2.21 bits per heavy atom. The van der Waals surface area contributed by atoms with Gasteiger partial charge in [0, 0.05) is 12.2 Å². The Bertz CT molecular complexity index is 595. The van der Waals surface area contributed by atoms with E-state index in [0.29, 0.717) is 18.5 Å². The Morgan fingerprint density at radius 3 is 2.74 bits per heavy atom. The molecule has 6 heteroatoms. The standard InChI is InChI=1S/C13H17NO4S/c1-9-6-11(2-3-12(9)13(15)16)14-7-10-4-5-19(17,18)8-10/h2-3,6,10,14H,4-5,7-8H2,1H3,(H,15,16). The second kappa shape index (κ2) is 5.21. The molecule has 0 aliphatic carbocycles. The van der Waals surface area contributed by atoms with Gasteiger partial charge in [0.25, 0.3) is 0 Å². The van der Waals surface area contributed by atoms with Gasteiger partial charge in [-0.3, -0.25) is 0 Å². The zero-order valence-corrected chi connectivity index (χ0v) is 11.5. The molecular formula is C13H17NO4S. The van der Waals surface area contributed by atoms with Crippen molar-refractivity contribution < 1.29 is 18.3 Å². The topological polar surface area (TPSA) is 83.5 Å². The summed E-state index contributed by atoms with van der Waals surface area (Å²) in [4.78, 5) is 10.9. The lowest BCUT2D eigenvalue weighted by atomic mass is 10.1. The first kappa shape index (κ1) is 13.9. The van der Waals surface area contributed by atoms with Gasteiger partial charge in [-0.1, -0.05) is 0 Å². The number of carbonyl (C=O) groups is 1. The maximum atomic E-state index is 11.3. The fraction of sp³-hybridized carbons (Fsp3) is 0.462. The van der Waals surface area contributed by atoms with Crippen LogP contribution in [0.5, 0.6) is 0 Å². The Kier molecular flexibility index (Phi) is 3.80. The van der Waals surface area contributed by atoms with Gasteiger partial charge < -0.3 is 10.4 Å². The van der Waals surface area contributed by atoms with Crippen molar-refractivity contribution in [2.75, 3.05) is 23.4 Å². The Labute approximate surface area is 112 Å². The lowest BCUT2D eigenvalue weighted by Gasteiger charge is -2.12. The van der Waals surface area contributed by atoms with Crippen molar-refractivity contribution >= 4 is 21.5 Å². The van der Waals surface area contributed by atoms with Crippen LogP contribution in [0.15, 0.2) is 18.2 Å². The molecule has 19 heavy (non-hydrogen) atoms. The van der Waals surface area contributed by atoms with E-state index in [2.05, 4.69) is 5.32 Å². The predicted octanol–water partition coefficient (Wildman–Crippen LogP) is 1.54. The molecule has 104 valence electrons. The number of anilines is 1. The zero-order chi connectivity index (χ0) is 14.0. The molecule has 0 bridgehead atoms. The van der Waals surface area contributed by atoms with Crippen LogP contribution in [-0.2, 0) is 9.84 Å². The molecule has 1 aliphatic heterocycles. The molecule has 1 heterocycles. The van der Waals surface area contributed by atoms with Crippen LogP contribution in [0.25, 0.3) is 0 Å². The highest BCUT2D eigenvalue weighted by molar-refractivity contribution is 7.91. The van der Waals surface area contributed by atoms with Crippen molar-refractivity contribution in [2.45, 2.75) is 13.3 Å². The normalized spacial score (nSPS) is 21.2. The van der Waals surface area contributed by atoms with E-state index in [1.165, 1.54) is 0 Å². The van der Waals surface area contributed by atoms with Crippen LogP contribution in [0.1, 0.15) is 22.3 Å². The molecule has 0 amide bonds. The molecule has 1 aromatic carbocycles. The number of nitrogens with one attached hydrogen (secondary N) is 1. The second-order valence-electron chi connectivity index (χ2n) is 4.98. The van der Waals surface area contributed by atoms with E-state index < -0.39 is 15.8 Å². The van der Waals surface area contributed by atoms with Crippen molar-refractivity contribution in [3.05, 3.63) is 29.3 Å². The van der Waals surface area contributed by atoms with Crippen LogP contribution >= 0.6 is 0 Å². The fourth-order valence-corrected chi connectivity index (χ4v) is 4.17. The van der Waals surface area contributed by atoms with Gasteiger partial charge in [-0.25, -0.2) is 13.2 Å². The van der Waals surface area contributed by atoms with Crippen LogP contribution in [0, 0.1) is 12.8 Å². The molecular weight excluding hydrogens is 266 g/mol. The minimum Gasteiger partial charge on any atom is -0.478 e. The average molecular weight is 283 g/mol. The minimum atomic E-state index is -2.84. The summed E-state index contributed by atoms with van der Waals surface area (Å²) in [5.74, 6) is -0.280. The third-order valence-electron chi connectivity index (χ3n) is 3.38. The summed E-state index contributed by atoms with van der Waals surface area (Å²) in [7, 11) is -2.84. The van der Waals surface area contributed by atoms with E-state index in [1.807, 2.05) is 0 Å². The molecule has 0 saturated carbocycles. The molecule has 5 nitrogen and oxygen atoms in total. The Hall–Kier alpha value is -1.56. The summed E-state index contributed by atoms with van der Waals surface area (Å²) in [6.45, 7) is 2.35. The number of carboxylic acid groups (broad SMARTS) is 1. The highest BCUT2D eigenvalue weighted by Gasteiger charge is 2.27. The van der Waals surface area contributed by atoms with Crippen molar-refractivity contribution in [3.8, 4) is 0 Å².